The topological polar surface area (TPSA) is 198 Å². The average Bonchev–Trinajstić information content (AvgIpc) is 2.97. The summed E-state index contributed by atoms with van der Waals surface area (Å²) in [7, 11) is 0. The second-order valence-corrected chi connectivity index (χ2v) is 5.93. The maximum absolute atomic E-state index is 12.6. The first kappa shape index (κ1) is 22.0. The third-order valence-electron chi connectivity index (χ3n) is 4.05. The van der Waals surface area contributed by atoms with Gasteiger partial charge in [-0.15, -0.1) is 0 Å². The quantitative estimate of drug-likeness (QED) is 0.383. The molecule has 0 saturated carbocycles. The van der Waals surface area contributed by atoms with E-state index >= 15 is 0 Å². The Morgan fingerprint density at radius 1 is 1.10 bits per heavy atom. The molecule has 3 N–H and O–H groups in total. The van der Waals surface area contributed by atoms with Crippen molar-refractivity contribution in [3.8, 4) is 0 Å². The van der Waals surface area contributed by atoms with E-state index in [0.717, 1.165) is 12.1 Å². The van der Waals surface area contributed by atoms with Crippen LogP contribution in [0.15, 0.2) is 16.5 Å². The Hall–Kier alpha value is -4.29. The van der Waals surface area contributed by atoms with E-state index in [1.54, 1.807) is 0 Å². The highest BCUT2D eigenvalue weighted by Crippen LogP contribution is 2.31. The number of carbonyl (C=O) groups is 3. The fourth-order valence-electron chi connectivity index (χ4n) is 2.69. The number of furan rings is 1. The number of hydrogen-bond donors (Lipinski definition) is 2. The highest BCUT2D eigenvalue weighted by atomic mass is 16.6. The van der Waals surface area contributed by atoms with Crippen LogP contribution in [-0.4, -0.2) is 34.2 Å². The number of amides is 2. The Kier molecular flexibility index (Phi) is 6.15. The second-order valence-electron chi connectivity index (χ2n) is 5.93. The molecule has 0 spiro atoms. The molecular formula is C17H16N4O9. The molecule has 0 aliphatic carbocycles. The Labute approximate surface area is 168 Å². The molecular weight excluding hydrogens is 404 g/mol. The lowest BCUT2D eigenvalue weighted by Gasteiger charge is -2.06. The Morgan fingerprint density at radius 2 is 1.63 bits per heavy atom. The number of nitrogens with two attached hydrogens (primary N) is 1. The fourth-order valence-corrected chi connectivity index (χ4v) is 2.69. The highest BCUT2D eigenvalue weighted by molar-refractivity contribution is 6.13. The summed E-state index contributed by atoms with van der Waals surface area (Å²) in [6.45, 7) is 4.04. The standard InChI is InChI=1S/C17H16N4O9/c1-4-29-17(24)12-8(3)30-16(13(12)14(18)22)19-15(23)9-5-10(20(25)26)7(2)11(6-9)21(27)28/h5-6H,4H2,1-3H3,(H2,18,22)(H,19,23). The van der Waals surface area contributed by atoms with E-state index in [1.165, 1.54) is 20.8 Å². The molecule has 0 atom stereocenters. The van der Waals surface area contributed by atoms with Gasteiger partial charge in [0.05, 0.1) is 22.0 Å². The zero-order valence-electron chi connectivity index (χ0n) is 16.0. The van der Waals surface area contributed by atoms with E-state index in [0.29, 0.717) is 0 Å². The number of anilines is 1. The summed E-state index contributed by atoms with van der Waals surface area (Å²) >= 11 is 0. The number of ether oxygens (including phenoxy) is 1. The van der Waals surface area contributed by atoms with E-state index in [1.807, 2.05) is 0 Å². The van der Waals surface area contributed by atoms with Crippen LogP contribution in [-0.2, 0) is 4.74 Å². The van der Waals surface area contributed by atoms with Gasteiger partial charge >= 0.3 is 5.97 Å². The molecule has 2 aromatic rings. The van der Waals surface area contributed by atoms with Gasteiger partial charge in [-0.3, -0.25) is 35.1 Å². The maximum atomic E-state index is 12.6. The van der Waals surface area contributed by atoms with Crippen LogP contribution in [0.1, 0.15) is 49.3 Å². The molecule has 13 heteroatoms. The van der Waals surface area contributed by atoms with E-state index in [4.69, 9.17) is 14.9 Å². The first-order valence-electron chi connectivity index (χ1n) is 8.34. The molecule has 2 rings (SSSR count). The summed E-state index contributed by atoms with van der Waals surface area (Å²) in [6, 6.07) is 1.67. The number of nitro groups is 2. The lowest BCUT2D eigenvalue weighted by molar-refractivity contribution is -0.395. The van der Waals surface area contributed by atoms with Crippen LogP contribution in [0.3, 0.4) is 0 Å². The van der Waals surface area contributed by atoms with Gasteiger partial charge in [-0.2, -0.15) is 0 Å². The number of primary amides is 1. The van der Waals surface area contributed by atoms with Gasteiger partial charge in [0.2, 0.25) is 5.88 Å². The number of carbonyl (C=O) groups excluding carboxylic acids is 3. The molecule has 158 valence electrons. The second kappa shape index (κ2) is 8.38. The Balaban J connectivity index is 2.54. The summed E-state index contributed by atoms with van der Waals surface area (Å²) in [5.41, 5.74) is 2.56. The minimum Gasteiger partial charge on any atom is -0.462 e. The van der Waals surface area contributed by atoms with Gasteiger partial charge in [-0.1, -0.05) is 0 Å². The van der Waals surface area contributed by atoms with Crippen LogP contribution >= 0.6 is 0 Å². The van der Waals surface area contributed by atoms with E-state index in [-0.39, 0.29) is 23.5 Å². The molecule has 0 bridgehead atoms. The molecule has 0 radical (unpaired) electrons. The lowest BCUT2D eigenvalue weighted by atomic mass is 10.1. The van der Waals surface area contributed by atoms with Crippen molar-refractivity contribution in [3.63, 3.8) is 0 Å². The van der Waals surface area contributed by atoms with Gasteiger partial charge in [0.15, 0.2) is 0 Å². The average molecular weight is 420 g/mol. The van der Waals surface area contributed by atoms with Crippen LogP contribution in [0.5, 0.6) is 0 Å². The van der Waals surface area contributed by atoms with Crippen molar-refractivity contribution in [1.29, 1.82) is 0 Å². The molecule has 0 aliphatic rings. The van der Waals surface area contributed by atoms with Gasteiger partial charge in [0.1, 0.15) is 22.5 Å². The van der Waals surface area contributed by atoms with Crippen molar-refractivity contribution in [2.45, 2.75) is 20.8 Å². The van der Waals surface area contributed by atoms with Crippen LogP contribution in [0.2, 0.25) is 0 Å². The number of esters is 1. The predicted molar refractivity (Wildman–Crippen MR) is 100 cm³/mol. The number of nitrogens with one attached hydrogen (secondary N) is 1. The van der Waals surface area contributed by atoms with Crippen molar-refractivity contribution in [2.75, 3.05) is 11.9 Å². The third kappa shape index (κ3) is 4.09. The Bertz CT molecular complexity index is 1050. The molecule has 30 heavy (non-hydrogen) atoms. The molecule has 0 aliphatic heterocycles. The van der Waals surface area contributed by atoms with Crippen LogP contribution < -0.4 is 11.1 Å². The fraction of sp³-hybridized carbons (Fsp3) is 0.235. The van der Waals surface area contributed by atoms with Gasteiger partial charge in [0, 0.05) is 12.1 Å². The van der Waals surface area contributed by atoms with Crippen molar-refractivity contribution in [3.05, 3.63) is 60.4 Å². The first-order chi connectivity index (χ1) is 14.0. The van der Waals surface area contributed by atoms with Gasteiger partial charge < -0.3 is 14.9 Å². The molecule has 1 aromatic carbocycles. The van der Waals surface area contributed by atoms with Crippen molar-refractivity contribution in [2.24, 2.45) is 5.73 Å². The zero-order valence-corrected chi connectivity index (χ0v) is 16.0. The SMILES string of the molecule is CCOC(=O)c1c(C)oc(NC(=O)c2cc([N+](=O)[O-])c(C)c([N+](=O)[O-])c2)c1C(N)=O. The van der Waals surface area contributed by atoms with Crippen molar-refractivity contribution >= 4 is 35.0 Å². The highest BCUT2D eigenvalue weighted by Gasteiger charge is 2.30. The summed E-state index contributed by atoms with van der Waals surface area (Å²) in [6.07, 6.45) is 0. The van der Waals surface area contributed by atoms with Gasteiger partial charge in [-0.05, 0) is 20.8 Å². The van der Waals surface area contributed by atoms with E-state index in [2.05, 4.69) is 5.32 Å². The van der Waals surface area contributed by atoms with Crippen molar-refractivity contribution < 1.29 is 33.4 Å². The summed E-state index contributed by atoms with van der Waals surface area (Å²) in [5.74, 6) is -3.65. The molecule has 0 unspecified atom stereocenters. The predicted octanol–water partition coefficient (Wildman–Crippen LogP) is 2.24. The molecule has 0 saturated heterocycles. The van der Waals surface area contributed by atoms with Gasteiger partial charge in [-0.25, -0.2) is 4.79 Å². The number of aryl methyl sites for hydroxylation is 1. The van der Waals surface area contributed by atoms with Crippen LogP contribution in [0, 0.1) is 34.1 Å². The minimum atomic E-state index is -1.11. The van der Waals surface area contributed by atoms with Crippen molar-refractivity contribution in [1.82, 2.24) is 0 Å². The number of nitro benzene ring substituents is 2. The summed E-state index contributed by atoms with van der Waals surface area (Å²) in [4.78, 5) is 57.1. The van der Waals surface area contributed by atoms with Gasteiger partial charge in [0.25, 0.3) is 23.2 Å². The largest absolute Gasteiger partial charge is 0.462 e. The summed E-state index contributed by atoms with van der Waals surface area (Å²) in [5, 5.41) is 24.5. The molecule has 0 fully saturated rings. The van der Waals surface area contributed by atoms with E-state index < -0.39 is 56.0 Å². The summed E-state index contributed by atoms with van der Waals surface area (Å²) < 4.78 is 10.1. The number of hydrogen-bond acceptors (Lipinski definition) is 9. The number of benzene rings is 1. The molecule has 13 nitrogen and oxygen atoms in total. The maximum Gasteiger partial charge on any atom is 0.342 e. The normalized spacial score (nSPS) is 10.4. The lowest BCUT2D eigenvalue weighted by Crippen LogP contribution is -2.20. The van der Waals surface area contributed by atoms with Crippen LogP contribution in [0.4, 0.5) is 17.3 Å². The smallest absolute Gasteiger partial charge is 0.342 e. The third-order valence-corrected chi connectivity index (χ3v) is 4.05. The van der Waals surface area contributed by atoms with E-state index in [9.17, 15) is 34.6 Å². The number of nitrogens with zero attached hydrogens (tertiary/aromatic N) is 2. The molecule has 1 heterocycles. The zero-order chi connectivity index (χ0) is 22.7. The Morgan fingerprint density at radius 3 is 2.07 bits per heavy atom. The first-order valence-corrected chi connectivity index (χ1v) is 8.34. The molecule has 1 aromatic heterocycles. The number of rotatable bonds is 7. The monoisotopic (exact) mass is 420 g/mol. The molecule has 2 amide bonds. The van der Waals surface area contributed by atoms with Crippen LogP contribution in [0.25, 0.3) is 0 Å². The minimum absolute atomic E-state index is 0.0000485.